The molecule has 8 bridgehead atoms. The molecule has 0 aromatic carbocycles. The summed E-state index contributed by atoms with van der Waals surface area (Å²) < 4.78 is 18.7. The first-order valence-electron chi connectivity index (χ1n) is 10.7. The minimum absolute atomic E-state index is 0.0839. The third kappa shape index (κ3) is 0.790. The molecule has 8 saturated carbocycles. The summed E-state index contributed by atoms with van der Waals surface area (Å²) in [6, 6.07) is 0. The van der Waals surface area contributed by atoms with Crippen LogP contribution in [-0.2, 0) is 19.0 Å². The molecule has 10 fully saturated rings. The van der Waals surface area contributed by atoms with E-state index in [0.717, 1.165) is 35.5 Å². The number of ether oxygens (including phenoxy) is 3. The first-order valence-corrected chi connectivity index (χ1v) is 10.7. The van der Waals surface area contributed by atoms with Crippen molar-refractivity contribution in [1.29, 1.82) is 0 Å². The zero-order chi connectivity index (χ0) is 16.0. The van der Waals surface area contributed by atoms with Gasteiger partial charge >= 0.3 is 5.97 Å². The van der Waals surface area contributed by atoms with Crippen LogP contribution in [0.1, 0.15) is 25.7 Å². The number of carbonyl (C=O) groups is 1. The third-order valence-corrected chi connectivity index (χ3v) is 11.7. The number of rotatable bonds is 1. The number of methoxy groups -OCH3 is 1. The van der Waals surface area contributed by atoms with Crippen molar-refractivity contribution in [2.45, 2.75) is 44.2 Å². The average molecular weight is 340 g/mol. The monoisotopic (exact) mass is 340 g/mol. The Balaban J connectivity index is 1.38. The van der Waals surface area contributed by atoms with Crippen molar-refractivity contribution in [3.8, 4) is 0 Å². The average Bonchev–Trinajstić information content (AvgIpc) is 3.37. The summed E-state index contributed by atoms with van der Waals surface area (Å²) in [7, 11) is 1.89. The van der Waals surface area contributed by atoms with E-state index >= 15 is 0 Å². The fraction of sp³-hybridized carbons (Fsp3) is 0.952. The van der Waals surface area contributed by atoms with Gasteiger partial charge in [0.25, 0.3) is 0 Å². The summed E-state index contributed by atoms with van der Waals surface area (Å²) >= 11 is 0. The Kier molecular flexibility index (Phi) is 1.64. The first-order chi connectivity index (χ1) is 12.3. The lowest BCUT2D eigenvalue weighted by Crippen LogP contribution is -2.65. The van der Waals surface area contributed by atoms with Gasteiger partial charge in [0.2, 0.25) is 6.29 Å². The molecule has 10 rings (SSSR count). The molecule has 0 N–H and O–H groups in total. The summed E-state index contributed by atoms with van der Waals surface area (Å²) in [6.45, 7) is 0. The van der Waals surface area contributed by atoms with E-state index in [9.17, 15) is 4.79 Å². The van der Waals surface area contributed by atoms with Crippen molar-refractivity contribution >= 4 is 5.97 Å². The van der Waals surface area contributed by atoms with Crippen LogP contribution >= 0.6 is 0 Å². The Morgan fingerprint density at radius 3 is 2.60 bits per heavy atom. The highest BCUT2D eigenvalue weighted by Crippen LogP contribution is 3.00. The van der Waals surface area contributed by atoms with E-state index in [2.05, 4.69) is 0 Å². The van der Waals surface area contributed by atoms with E-state index in [1.54, 1.807) is 0 Å². The van der Waals surface area contributed by atoms with Crippen LogP contribution in [0.25, 0.3) is 0 Å². The number of fused-ring (bicyclic) bond motifs is 1. The summed E-state index contributed by atoms with van der Waals surface area (Å²) in [6.07, 6.45) is 5.61. The molecule has 2 aliphatic heterocycles. The zero-order valence-electron chi connectivity index (χ0n) is 14.5. The molecular weight excluding hydrogens is 316 g/mol. The lowest BCUT2D eigenvalue weighted by atomic mass is 9.43. The topological polar surface area (TPSA) is 44.8 Å². The van der Waals surface area contributed by atoms with Crippen LogP contribution in [0.15, 0.2) is 0 Å². The van der Waals surface area contributed by atoms with Gasteiger partial charge in [0, 0.05) is 7.11 Å². The molecule has 0 radical (unpaired) electrons. The number of hydrogen-bond acceptors (Lipinski definition) is 4. The van der Waals surface area contributed by atoms with Crippen molar-refractivity contribution in [3.05, 3.63) is 0 Å². The van der Waals surface area contributed by atoms with Gasteiger partial charge in [0.15, 0.2) is 0 Å². The highest BCUT2D eigenvalue weighted by atomic mass is 16.7. The minimum Gasteiger partial charge on any atom is -0.435 e. The highest BCUT2D eigenvalue weighted by Gasteiger charge is 3.04. The molecule has 4 heteroatoms. The van der Waals surface area contributed by atoms with Gasteiger partial charge in [0.05, 0.1) is 23.0 Å². The predicted molar refractivity (Wildman–Crippen MR) is 83.8 cm³/mol. The second-order valence-electron chi connectivity index (χ2n) is 10.9. The SMILES string of the molecule is COC1CCC2C1C1C3C4C5C6CCC7OC8OC(=O)C51C8(C23)C4C76. The van der Waals surface area contributed by atoms with Crippen molar-refractivity contribution in [2.24, 2.45) is 70.0 Å². The number of esters is 1. The molecule has 15 atom stereocenters. The van der Waals surface area contributed by atoms with Gasteiger partial charge in [-0.1, -0.05) is 0 Å². The number of hydrogen-bond donors (Lipinski definition) is 0. The van der Waals surface area contributed by atoms with Crippen molar-refractivity contribution < 1.29 is 19.0 Å². The van der Waals surface area contributed by atoms with Crippen LogP contribution in [-0.4, -0.2) is 31.6 Å². The van der Waals surface area contributed by atoms with Crippen molar-refractivity contribution in [2.75, 3.05) is 7.11 Å². The molecule has 15 unspecified atom stereocenters. The van der Waals surface area contributed by atoms with Crippen LogP contribution in [0.3, 0.4) is 0 Å². The van der Waals surface area contributed by atoms with Gasteiger partial charge in [-0.05, 0) is 84.9 Å². The molecule has 132 valence electrons. The third-order valence-electron chi connectivity index (χ3n) is 11.7. The smallest absolute Gasteiger partial charge is 0.315 e. The minimum atomic E-state index is -0.194. The molecule has 2 spiro atoms. The van der Waals surface area contributed by atoms with Crippen molar-refractivity contribution in [3.63, 3.8) is 0 Å². The summed E-state index contributed by atoms with van der Waals surface area (Å²) in [5, 5.41) is 0. The molecule has 2 saturated heterocycles. The Bertz CT molecular complexity index is 780. The predicted octanol–water partition coefficient (Wildman–Crippen LogP) is 2.07. The quantitative estimate of drug-likeness (QED) is 0.686. The maximum Gasteiger partial charge on any atom is 0.315 e. The Labute approximate surface area is 146 Å². The molecule has 4 nitrogen and oxygen atoms in total. The standard InChI is InChI=1S/C21H24O4/c1-23-8-4-2-6-10(8)16-13-12-14-7-3-5-9-11(7)17(12)21(15(6)13)19(24-9)25-18(22)20(14,16)21/h6-17,19H,2-5H2,1H3. The van der Waals surface area contributed by atoms with Gasteiger partial charge < -0.3 is 14.2 Å². The lowest BCUT2D eigenvalue weighted by Gasteiger charge is -2.59. The second-order valence-corrected chi connectivity index (χ2v) is 10.9. The molecule has 2 heterocycles. The van der Waals surface area contributed by atoms with Gasteiger partial charge in [-0.2, -0.15) is 0 Å². The van der Waals surface area contributed by atoms with E-state index in [-0.39, 0.29) is 23.1 Å². The van der Waals surface area contributed by atoms with Gasteiger partial charge in [0.1, 0.15) is 0 Å². The van der Waals surface area contributed by atoms with Crippen LogP contribution in [0.5, 0.6) is 0 Å². The van der Waals surface area contributed by atoms with E-state index in [1.807, 2.05) is 7.11 Å². The Hall–Kier alpha value is -0.610. The van der Waals surface area contributed by atoms with E-state index in [4.69, 9.17) is 14.2 Å². The van der Waals surface area contributed by atoms with Gasteiger partial charge in [-0.25, -0.2) is 0 Å². The fourth-order valence-electron chi connectivity index (χ4n) is 12.5. The van der Waals surface area contributed by atoms with E-state index < -0.39 is 0 Å². The van der Waals surface area contributed by atoms with Crippen LogP contribution < -0.4 is 0 Å². The molecule has 8 aliphatic carbocycles. The van der Waals surface area contributed by atoms with Gasteiger partial charge in [-0.3, -0.25) is 4.79 Å². The van der Waals surface area contributed by atoms with Gasteiger partial charge in [-0.15, -0.1) is 0 Å². The maximum absolute atomic E-state index is 13.6. The zero-order valence-corrected chi connectivity index (χ0v) is 14.5. The fourth-order valence-corrected chi connectivity index (χ4v) is 12.5. The van der Waals surface area contributed by atoms with Crippen LogP contribution in [0, 0.1) is 70.0 Å². The van der Waals surface area contributed by atoms with Crippen molar-refractivity contribution in [1.82, 2.24) is 0 Å². The maximum atomic E-state index is 13.6. The van der Waals surface area contributed by atoms with Crippen LogP contribution in [0.4, 0.5) is 0 Å². The lowest BCUT2D eigenvalue weighted by molar-refractivity contribution is -0.280. The molecule has 25 heavy (non-hydrogen) atoms. The first kappa shape index (κ1) is 12.7. The summed E-state index contributed by atoms with van der Waals surface area (Å²) in [4.78, 5) is 13.6. The summed E-state index contributed by atoms with van der Waals surface area (Å²) in [5.74, 6) is 7.36. The summed E-state index contributed by atoms with van der Waals surface area (Å²) in [5.41, 5.74) is -0.0817. The van der Waals surface area contributed by atoms with E-state index in [1.165, 1.54) is 25.7 Å². The normalized spacial score (nSPS) is 79.1. The molecular formula is C21H24O4. The van der Waals surface area contributed by atoms with Crippen LogP contribution in [0.2, 0.25) is 0 Å². The molecule has 10 aliphatic rings. The number of carbonyl (C=O) groups excluding carboxylic acids is 1. The Morgan fingerprint density at radius 1 is 0.920 bits per heavy atom. The molecule has 0 aromatic heterocycles. The largest absolute Gasteiger partial charge is 0.435 e. The van der Waals surface area contributed by atoms with E-state index in [0.29, 0.717) is 35.9 Å². The molecule has 0 aromatic rings. The molecule has 0 amide bonds. The highest BCUT2D eigenvalue weighted by molar-refractivity contribution is 5.86. The second kappa shape index (κ2) is 3.22. The Morgan fingerprint density at radius 2 is 1.72 bits per heavy atom.